The van der Waals surface area contributed by atoms with Crippen LogP contribution in [0.25, 0.3) is 0 Å². The van der Waals surface area contributed by atoms with E-state index in [1.54, 1.807) is 26.1 Å². The first-order chi connectivity index (χ1) is 12.2. The second kappa shape index (κ2) is 8.25. The van der Waals surface area contributed by atoms with Crippen LogP contribution in [0.1, 0.15) is 20.8 Å². The maximum Gasteiger partial charge on any atom is 0.432 e. The Morgan fingerprint density at radius 3 is 2.30 bits per heavy atom. The molecule has 1 amide bonds. The molecule has 0 atom stereocenters. The predicted molar refractivity (Wildman–Crippen MR) is 92.2 cm³/mol. The number of nitrogens with one attached hydrogen (secondary N) is 3. The van der Waals surface area contributed by atoms with Gasteiger partial charge in [0.15, 0.2) is 5.82 Å². The summed E-state index contributed by atoms with van der Waals surface area (Å²) in [4.78, 5) is 26.4. The number of carbonyl (C=O) groups excluding carboxylic acids is 1. The van der Waals surface area contributed by atoms with Crippen LogP contribution in [0.5, 0.6) is 0 Å². The van der Waals surface area contributed by atoms with Crippen molar-refractivity contribution in [3.8, 4) is 0 Å². The number of aliphatic carboxylic acids is 1. The second-order valence-corrected chi connectivity index (χ2v) is 6.42. The summed E-state index contributed by atoms with van der Waals surface area (Å²) in [7, 11) is 0. The van der Waals surface area contributed by atoms with Crippen LogP contribution in [0.3, 0.4) is 0 Å². The molecule has 0 aliphatic carbocycles. The lowest BCUT2D eigenvalue weighted by Gasteiger charge is -2.20. The molecule has 0 saturated heterocycles. The highest BCUT2D eigenvalue weighted by Gasteiger charge is 2.38. The van der Waals surface area contributed by atoms with Crippen molar-refractivity contribution in [3.05, 3.63) is 28.4 Å². The van der Waals surface area contributed by atoms with E-state index in [0.717, 1.165) is 12.1 Å². The highest BCUT2D eigenvalue weighted by atomic mass is 35.5. The maximum atomic E-state index is 13.1. The summed E-state index contributed by atoms with van der Waals surface area (Å²) >= 11 is 5.85. The maximum absolute atomic E-state index is 13.1. The minimum Gasteiger partial charge on any atom is -0.478 e. The SMILES string of the molecule is CC(C)(C)OC(=O)Nc1nc(N/C(=C(\C=N)C(=O)O)C(F)(F)F)ccc1Cl. The van der Waals surface area contributed by atoms with Crippen LogP contribution in [-0.2, 0) is 9.53 Å². The Morgan fingerprint density at radius 2 is 1.85 bits per heavy atom. The molecule has 0 saturated carbocycles. The number of nitrogens with zero attached hydrogens (tertiary/aromatic N) is 1. The molecule has 0 spiro atoms. The van der Waals surface area contributed by atoms with Crippen molar-refractivity contribution in [2.45, 2.75) is 32.5 Å². The summed E-state index contributed by atoms with van der Waals surface area (Å²) in [5, 5.41) is 19.6. The van der Waals surface area contributed by atoms with Crippen LogP contribution in [0.4, 0.5) is 29.6 Å². The van der Waals surface area contributed by atoms with E-state index in [-0.39, 0.29) is 17.1 Å². The molecule has 148 valence electrons. The summed E-state index contributed by atoms with van der Waals surface area (Å²) < 4.78 is 44.4. The summed E-state index contributed by atoms with van der Waals surface area (Å²) in [5.41, 5.74) is -3.86. The number of anilines is 2. The molecule has 0 aliphatic heterocycles. The third-order valence-electron chi connectivity index (χ3n) is 2.65. The van der Waals surface area contributed by atoms with E-state index in [2.05, 4.69) is 10.3 Å². The lowest BCUT2D eigenvalue weighted by atomic mass is 10.2. The van der Waals surface area contributed by atoms with Gasteiger partial charge in [-0.05, 0) is 32.9 Å². The van der Waals surface area contributed by atoms with Gasteiger partial charge in [-0.2, -0.15) is 13.2 Å². The number of hydrogen-bond donors (Lipinski definition) is 4. The smallest absolute Gasteiger partial charge is 0.432 e. The van der Waals surface area contributed by atoms with E-state index in [0.29, 0.717) is 0 Å². The zero-order valence-electron chi connectivity index (χ0n) is 14.4. The number of pyridine rings is 1. The molecule has 12 heteroatoms. The molecule has 1 aromatic heterocycles. The summed E-state index contributed by atoms with van der Waals surface area (Å²) in [6.07, 6.45) is -5.99. The standard InChI is InChI=1S/C15H16ClF3N4O4/c1-14(2,3)27-13(26)23-11-8(16)4-5-9(22-11)21-10(15(17,18)19)7(6-20)12(24)25/h4-6,20H,1-3H3,(H,24,25)(H2,21,22,23,26)/b10-7+,20-6?. The van der Waals surface area contributed by atoms with E-state index >= 15 is 0 Å². The van der Waals surface area contributed by atoms with Gasteiger partial charge in [-0.15, -0.1) is 0 Å². The van der Waals surface area contributed by atoms with Crippen LogP contribution in [0, 0.1) is 5.41 Å². The number of ether oxygens (including phenoxy) is 1. The molecule has 1 heterocycles. The monoisotopic (exact) mass is 408 g/mol. The van der Waals surface area contributed by atoms with Gasteiger partial charge in [0, 0.05) is 6.21 Å². The highest BCUT2D eigenvalue weighted by molar-refractivity contribution is 6.33. The van der Waals surface area contributed by atoms with E-state index < -0.39 is 40.9 Å². The first-order valence-corrected chi connectivity index (χ1v) is 7.61. The number of rotatable bonds is 5. The normalized spacial score (nSPS) is 12.7. The van der Waals surface area contributed by atoms with Crippen molar-refractivity contribution in [1.82, 2.24) is 4.98 Å². The molecule has 0 bridgehead atoms. The minimum absolute atomic E-state index is 0.0495. The van der Waals surface area contributed by atoms with Gasteiger partial charge in [0.1, 0.15) is 22.7 Å². The third kappa shape index (κ3) is 6.77. The van der Waals surface area contributed by atoms with E-state index in [1.807, 2.05) is 0 Å². The summed E-state index contributed by atoms with van der Waals surface area (Å²) in [6, 6.07) is 2.18. The number of carboxylic acid groups (broad SMARTS) is 1. The number of carboxylic acids is 1. The Hall–Kier alpha value is -2.82. The Bertz CT molecular complexity index is 788. The zero-order valence-corrected chi connectivity index (χ0v) is 15.1. The summed E-state index contributed by atoms with van der Waals surface area (Å²) in [5.74, 6) is -2.71. The molecular weight excluding hydrogens is 393 g/mol. The lowest BCUT2D eigenvalue weighted by molar-refractivity contribution is -0.133. The first-order valence-electron chi connectivity index (χ1n) is 7.23. The topological polar surface area (TPSA) is 124 Å². The molecule has 0 fully saturated rings. The summed E-state index contributed by atoms with van der Waals surface area (Å²) in [6.45, 7) is 4.81. The van der Waals surface area contributed by atoms with Crippen LogP contribution in [0.2, 0.25) is 5.02 Å². The fourth-order valence-corrected chi connectivity index (χ4v) is 1.81. The molecule has 4 N–H and O–H groups in total. The highest BCUT2D eigenvalue weighted by Crippen LogP contribution is 2.30. The van der Waals surface area contributed by atoms with Crippen LogP contribution < -0.4 is 10.6 Å². The van der Waals surface area contributed by atoms with Crippen LogP contribution in [0.15, 0.2) is 23.4 Å². The fraction of sp³-hybridized carbons (Fsp3) is 0.333. The zero-order chi connectivity index (χ0) is 21.0. The fourth-order valence-electron chi connectivity index (χ4n) is 1.66. The molecule has 0 aliphatic rings. The lowest BCUT2D eigenvalue weighted by Crippen LogP contribution is -2.28. The van der Waals surface area contributed by atoms with Crippen molar-refractivity contribution in [2.24, 2.45) is 0 Å². The van der Waals surface area contributed by atoms with Crippen LogP contribution in [-0.4, -0.2) is 40.1 Å². The number of aromatic nitrogens is 1. The molecular formula is C15H16ClF3N4O4. The van der Waals surface area contributed by atoms with Crippen molar-refractivity contribution in [1.29, 1.82) is 5.41 Å². The minimum atomic E-state index is -5.11. The molecule has 0 aromatic carbocycles. The first kappa shape index (κ1) is 22.2. The molecule has 1 aromatic rings. The Balaban J connectivity index is 3.23. The molecule has 27 heavy (non-hydrogen) atoms. The van der Waals surface area contributed by atoms with E-state index in [4.69, 9.17) is 26.9 Å². The number of amides is 1. The number of hydrogen-bond acceptors (Lipinski definition) is 6. The van der Waals surface area contributed by atoms with Gasteiger partial charge in [-0.3, -0.25) is 5.32 Å². The van der Waals surface area contributed by atoms with Gasteiger partial charge in [0.2, 0.25) is 0 Å². The van der Waals surface area contributed by atoms with Crippen molar-refractivity contribution >= 4 is 41.5 Å². The van der Waals surface area contributed by atoms with Crippen molar-refractivity contribution < 1.29 is 32.6 Å². The molecule has 0 unspecified atom stereocenters. The van der Waals surface area contributed by atoms with Crippen molar-refractivity contribution in [3.63, 3.8) is 0 Å². The van der Waals surface area contributed by atoms with Crippen LogP contribution >= 0.6 is 11.6 Å². The number of alkyl halides is 3. The quantitative estimate of drug-likeness (QED) is 0.430. The third-order valence-corrected chi connectivity index (χ3v) is 2.95. The van der Waals surface area contributed by atoms with Gasteiger partial charge in [0.05, 0.1) is 5.02 Å². The molecule has 1 rings (SSSR count). The largest absolute Gasteiger partial charge is 0.478 e. The number of allylic oxidation sites excluding steroid dienone is 1. The average molecular weight is 409 g/mol. The van der Waals surface area contributed by atoms with Gasteiger partial charge >= 0.3 is 18.2 Å². The number of halogens is 4. The molecule has 8 nitrogen and oxygen atoms in total. The Labute approximate surface area is 156 Å². The van der Waals surface area contributed by atoms with Gasteiger partial charge in [-0.25, -0.2) is 14.6 Å². The van der Waals surface area contributed by atoms with Gasteiger partial charge < -0.3 is 20.6 Å². The van der Waals surface area contributed by atoms with Crippen molar-refractivity contribution in [2.75, 3.05) is 10.6 Å². The second-order valence-electron chi connectivity index (χ2n) is 6.01. The van der Waals surface area contributed by atoms with E-state index in [1.165, 1.54) is 0 Å². The Kier molecular flexibility index (Phi) is 6.79. The average Bonchev–Trinajstić information content (AvgIpc) is 2.47. The van der Waals surface area contributed by atoms with E-state index in [9.17, 15) is 22.8 Å². The predicted octanol–water partition coefficient (Wildman–Crippen LogP) is 4.04. The molecule has 0 radical (unpaired) electrons. The number of carbonyl (C=O) groups is 2. The van der Waals surface area contributed by atoms with Gasteiger partial charge in [0.25, 0.3) is 0 Å². The Morgan fingerprint density at radius 1 is 1.26 bits per heavy atom. The van der Waals surface area contributed by atoms with Gasteiger partial charge in [-0.1, -0.05) is 11.6 Å².